The average molecular weight is 618 g/mol. The molecule has 3 aliphatic rings. The van der Waals surface area contributed by atoms with Crippen LogP contribution in [0, 0.1) is 17.8 Å². The van der Waals surface area contributed by atoms with Crippen molar-refractivity contribution in [2.75, 3.05) is 13.2 Å². The van der Waals surface area contributed by atoms with E-state index in [9.17, 15) is 14.7 Å². The Morgan fingerprint density at radius 1 is 0.933 bits per heavy atom. The first-order valence-corrected chi connectivity index (χ1v) is 16.4. The number of benzene rings is 3. The summed E-state index contributed by atoms with van der Waals surface area (Å²) in [5.74, 6) is -0.119. The standard InChI is InChI=1S/C38H35NO5S/c40-29-12-7-9-25(20-29)19-27(26-10-3-1-4-11-26)16-17-34-35-28(23-43-30-13-5-2-6-14-30)21-32-36(33(35)24-44-34)38(42)39(37(32)41)22-31-15-8-18-45-31/h1-15,18-20,32-34,36,40H,16-17,21-24H2/b27-19-/t32-,33+,34-,36-/m1/s1. The molecule has 0 spiro atoms. The van der Waals surface area contributed by atoms with Crippen molar-refractivity contribution in [1.82, 2.24) is 4.90 Å². The van der Waals surface area contributed by atoms with Gasteiger partial charge in [-0.1, -0.05) is 72.8 Å². The topological polar surface area (TPSA) is 76.1 Å². The lowest BCUT2D eigenvalue weighted by atomic mass is 9.69. The van der Waals surface area contributed by atoms with Crippen LogP contribution in [0.1, 0.15) is 35.3 Å². The Labute approximate surface area is 267 Å². The Hall–Kier alpha value is -4.46. The van der Waals surface area contributed by atoms with E-state index >= 15 is 0 Å². The highest BCUT2D eigenvalue weighted by Crippen LogP contribution is 2.50. The second kappa shape index (κ2) is 12.9. The van der Waals surface area contributed by atoms with E-state index in [0.29, 0.717) is 26.2 Å². The van der Waals surface area contributed by atoms with Crippen molar-refractivity contribution in [1.29, 1.82) is 0 Å². The Kier molecular flexibility index (Phi) is 8.37. The van der Waals surface area contributed by atoms with E-state index in [1.807, 2.05) is 78.2 Å². The van der Waals surface area contributed by atoms with E-state index in [4.69, 9.17) is 9.47 Å². The number of phenolic OH excluding ortho intramolecular Hbond substituents is 1. The van der Waals surface area contributed by atoms with Gasteiger partial charge < -0.3 is 14.6 Å². The second-order valence-electron chi connectivity index (χ2n) is 11.9. The number of phenols is 1. The summed E-state index contributed by atoms with van der Waals surface area (Å²) in [4.78, 5) is 30.1. The van der Waals surface area contributed by atoms with E-state index in [1.54, 1.807) is 23.5 Å². The molecule has 0 radical (unpaired) electrons. The Bertz CT molecular complexity index is 1730. The predicted molar refractivity (Wildman–Crippen MR) is 175 cm³/mol. The normalized spacial score (nSPS) is 22.9. The van der Waals surface area contributed by atoms with Crippen molar-refractivity contribution < 1.29 is 24.2 Å². The molecule has 2 amide bonds. The van der Waals surface area contributed by atoms with Crippen molar-refractivity contribution in [2.45, 2.75) is 31.9 Å². The number of likely N-dealkylation sites (tertiary alicyclic amines) is 1. The minimum atomic E-state index is -0.408. The number of para-hydroxylation sites is 1. The first kappa shape index (κ1) is 29.3. The minimum absolute atomic E-state index is 0.0815. The Balaban J connectivity index is 1.18. The number of aromatic hydroxyl groups is 1. The molecule has 7 rings (SSSR count). The molecule has 1 N–H and O–H groups in total. The van der Waals surface area contributed by atoms with E-state index in [2.05, 4.69) is 18.2 Å². The van der Waals surface area contributed by atoms with Gasteiger partial charge in [-0.05, 0) is 82.8 Å². The van der Waals surface area contributed by atoms with Gasteiger partial charge in [-0.2, -0.15) is 0 Å². The van der Waals surface area contributed by atoms with Crippen LogP contribution < -0.4 is 4.74 Å². The number of hydrogen-bond donors (Lipinski definition) is 1. The number of carbonyl (C=O) groups excluding carboxylic acids is 2. The smallest absolute Gasteiger partial charge is 0.234 e. The summed E-state index contributed by atoms with van der Waals surface area (Å²) in [7, 11) is 0. The SMILES string of the molecule is O=C1[C@@H]2[C@@H](CC(COc3ccccc3)=C3[C@@H](CC/C(=C/c4cccc(O)c4)c4ccccc4)OC[C@@H]32)C(=O)N1Cc1cccs1. The molecule has 2 saturated heterocycles. The molecule has 6 nitrogen and oxygen atoms in total. The summed E-state index contributed by atoms with van der Waals surface area (Å²) in [5, 5.41) is 12.0. The Morgan fingerprint density at radius 3 is 2.49 bits per heavy atom. The molecule has 2 aliphatic heterocycles. The number of allylic oxidation sites excluding steroid dienone is 1. The van der Waals surface area contributed by atoms with Gasteiger partial charge in [-0.25, -0.2) is 0 Å². The van der Waals surface area contributed by atoms with Crippen LogP contribution in [0.4, 0.5) is 0 Å². The van der Waals surface area contributed by atoms with Crippen LogP contribution in [0.5, 0.6) is 11.5 Å². The van der Waals surface area contributed by atoms with Gasteiger partial charge in [0.25, 0.3) is 0 Å². The van der Waals surface area contributed by atoms with Crippen molar-refractivity contribution >= 4 is 34.8 Å². The van der Waals surface area contributed by atoms with Crippen LogP contribution in [0.2, 0.25) is 0 Å². The van der Waals surface area contributed by atoms with E-state index < -0.39 is 11.8 Å². The zero-order chi connectivity index (χ0) is 30.8. The molecule has 0 bridgehead atoms. The number of rotatable bonds is 10. The van der Waals surface area contributed by atoms with Gasteiger partial charge in [0.1, 0.15) is 18.1 Å². The van der Waals surface area contributed by atoms with E-state index in [-0.39, 0.29) is 29.6 Å². The molecular formula is C38H35NO5S. The molecule has 3 aromatic carbocycles. The third-order valence-electron chi connectivity index (χ3n) is 9.18. The van der Waals surface area contributed by atoms with Crippen LogP contribution >= 0.6 is 11.3 Å². The van der Waals surface area contributed by atoms with Crippen LogP contribution in [0.25, 0.3) is 11.6 Å². The summed E-state index contributed by atoms with van der Waals surface area (Å²) >= 11 is 1.56. The first-order chi connectivity index (χ1) is 22.0. The van der Waals surface area contributed by atoms with Gasteiger partial charge in [-0.15, -0.1) is 11.3 Å². The van der Waals surface area contributed by atoms with Gasteiger partial charge in [0.05, 0.1) is 31.1 Å². The van der Waals surface area contributed by atoms with Crippen molar-refractivity contribution in [3.05, 3.63) is 130 Å². The molecule has 7 heteroatoms. The molecule has 45 heavy (non-hydrogen) atoms. The number of imide groups is 1. The van der Waals surface area contributed by atoms with Crippen molar-refractivity contribution in [2.24, 2.45) is 17.8 Å². The molecule has 1 aliphatic carbocycles. The molecule has 4 aromatic rings. The quantitative estimate of drug-likeness (QED) is 0.114. The summed E-state index contributed by atoms with van der Waals surface area (Å²) in [5.41, 5.74) is 5.39. The van der Waals surface area contributed by atoms with Gasteiger partial charge in [0, 0.05) is 10.8 Å². The maximum absolute atomic E-state index is 13.9. The fraction of sp³-hybridized carbons (Fsp3) is 0.263. The third kappa shape index (κ3) is 6.10. The largest absolute Gasteiger partial charge is 0.508 e. The van der Waals surface area contributed by atoms with Crippen LogP contribution in [0.15, 0.2) is 114 Å². The number of amides is 2. The summed E-state index contributed by atoms with van der Waals surface area (Å²) in [6.45, 7) is 1.10. The lowest BCUT2D eigenvalue weighted by Gasteiger charge is -2.32. The molecule has 3 heterocycles. The summed E-state index contributed by atoms with van der Waals surface area (Å²) < 4.78 is 12.8. The third-order valence-corrected chi connectivity index (χ3v) is 10.0. The minimum Gasteiger partial charge on any atom is -0.508 e. The number of ether oxygens (including phenoxy) is 2. The number of carbonyl (C=O) groups is 2. The van der Waals surface area contributed by atoms with Gasteiger partial charge in [0.15, 0.2) is 0 Å². The van der Waals surface area contributed by atoms with Crippen LogP contribution in [-0.4, -0.2) is 41.1 Å². The van der Waals surface area contributed by atoms with Crippen LogP contribution in [-0.2, 0) is 20.9 Å². The summed E-state index contributed by atoms with van der Waals surface area (Å²) in [6.07, 6.45) is 3.89. The molecule has 1 aromatic heterocycles. The average Bonchev–Trinajstić information content (AvgIpc) is 3.79. The maximum atomic E-state index is 13.9. The van der Waals surface area contributed by atoms with Crippen LogP contribution in [0.3, 0.4) is 0 Å². The lowest BCUT2D eigenvalue weighted by Crippen LogP contribution is -2.35. The maximum Gasteiger partial charge on any atom is 0.234 e. The van der Waals surface area contributed by atoms with Gasteiger partial charge in [-0.3, -0.25) is 14.5 Å². The van der Waals surface area contributed by atoms with Crippen molar-refractivity contribution in [3.8, 4) is 11.5 Å². The zero-order valence-corrected chi connectivity index (χ0v) is 25.7. The molecule has 4 atom stereocenters. The predicted octanol–water partition coefficient (Wildman–Crippen LogP) is 7.37. The van der Waals surface area contributed by atoms with E-state index in [1.165, 1.54) is 4.90 Å². The zero-order valence-electron chi connectivity index (χ0n) is 24.9. The Morgan fingerprint density at radius 2 is 1.73 bits per heavy atom. The number of nitrogens with zero attached hydrogens (tertiary/aromatic N) is 1. The highest BCUT2D eigenvalue weighted by molar-refractivity contribution is 7.09. The highest BCUT2D eigenvalue weighted by Gasteiger charge is 2.57. The number of hydrogen-bond acceptors (Lipinski definition) is 6. The molecule has 0 unspecified atom stereocenters. The van der Waals surface area contributed by atoms with Gasteiger partial charge in [0.2, 0.25) is 11.8 Å². The van der Waals surface area contributed by atoms with Crippen molar-refractivity contribution in [3.63, 3.8) is 0 Å². The second-order valence-corrected chi connectivity index (χ2v) is 13.0. The molecule has 2 fully saturated rings. The fourth-order valence-electron chi connectivity index (χ4n) is 7.13. The molecular weight excluding hydrogens is 582 g/mol. The number of thiophene rings is 1. The molecule has 228 valence electrons. The first-order valence-electron chi connectivity index (χ1n) is 15.5. The van der Waals surface area contributed by atoms with E-state index in [0.717, 1.165) is 51.3 Å². The highest BCUT2D eigenvalue weighted by atomic mass is 32.1. The van der Waals surface area contributed by atoms with Gasteiger partial charge >= 0.3 is 0 Å². The number of fused-ring (bicyclic) bond motifs is 3. The monoisotopic (exact) mass is 617 g/mol. The summed E-state index contributed by atoms with van der Waals surface area (Å²) in [6, 6.07) is 31.2. The lowest BCUT2D eigenvalue weighted by molar-refractivity contribution is -0.140. The molecule has 0 saturated carbocycles. The fourth-order valence-corrected chi connectivity index (χ4v) is 7.82.